The van der Waals surface area contributed by atoms with Crippen molar-refractivity contribution in [1.29, 1.82) is 0 Å². The summed E-state index contributed by atoms with van der Waals surface area (Å²) in [6.45, 7) is 3.80. The van der Waals surface area contributed by atoms with Crippen LogP contribution in [0.15, 0.2) is 41.5 Å². The van der Waals surface area contributed by atoms with Gasteiger partial charge in [0.1, 0.15) is 16.4 Å². The standard InChI is InChI=1S/C13H10N2O5/c1-8(11-3-4-12(20-11)15(17)18)9-5-6-14-10(7-9)13(16)19-2/h3-7H,1H2,2H3. The van der Waals surface area contributed by atoms with Gasteiger partial charge in [-0.1, -0.05) is 6.58 Å². The zero-order valence-electron chi connectivity index (χ0n) is 10.5. The molecule has 7 nitrogen and oxygen atoms in total. The Kier molecular flexibility index (Phi) is 3.60. The van der Waals surface area contributed by atoms with Gasteiger partial charge in [-0.25, -0.2) is 9.78 Å². The normalized spacial score (nSPS) is 10.1. The molecule has 0 aliphatic carbocycles. The Morgan fingerprint density at radius 1 is 1.45 bits per heavy atom. The number of hydrogen-bond acceptors (Lipinski definition) is 6. The average Bonchev–Trinajstić information content (AvgIpc) is 2.95. The molecule has 0 fully saturated rings. The van der Waals surface area contributed by atoms with Gasteiger partial charge in [0.05, 0.1) is 13.2 Å². The van der Waals surface area contributed by atoms with Gasteiger partial charge in [0, 0.05) is 11.8 Å². The molecule has 0 bridgehead atoms. The summed E-state index contributed by atoms with van der Waals surface area (Å²) in [6, 6.07) is 5.77. The van der Waals surface area contributed by atoms with E-state index in [1.54, 1.807) is 6.07 Å². The molecule has 0 N–H and O–H groups in total. The number of ether oxygens (including phenoxy) is 1. The molecule has 102 valence electrons. The number of furan rings is 1. The molecule has 2 heterocycles. The maximum absolute atomic E-state index is 11.4. The third-order valence-electron chi connectivity index (χ3n) is 2.57. The van der Waals surface area contributed by atoms with Crippen molar-refractivity contribution in [2.24, 2.45) is 0 Å². The summed E-state index contributed by atoms with van der Waals surface area (Å²) in [7, 11) is 1.25. The first-order valence-electron chi connectivity index (χ1n) is 5.51. The Hall–Kier alpha value is -2.96. The summed E-state index contributed by atoms with van der Waals surface area (Å²) in [5.74, 6) is -0.702. The smallest absolute Gasteiger partial charge is 0.433 e. The minimum absolute atomic E-state index is 0.118. The number of nitro groups is 1. The highest BCUT2D eigenvalue weighted by Gasteiger charge is 2.16. The van der Waals surface area contributed by atoms with Crippen LogP contribution in [0, 0.1) is 10.1 Å². The van der Waals surface area contributed by atoms with Crippen LogP contribution in [-0.4, -0.2) is 23.0 Å². The van der Waals surface area contributed by atoms with E-state index in [2.05, 4.69) is 16.3 Å². The fourth-order valence-corrected chi connectivity index (χ4v) is 1.56. The van der Waals surface area contributed by atoms with Gasteiger partial charge in [0.2, 0.25) is 0 Å². The summed E-state index contributed by atoms with van der Waals surface area (Å²) in [4.78, 5) is 25.2. The van der Waals surface area contributed by atoms with Gasteiger partial charge in [0.25, 0.3) is 0 Å². The molecule has 2 rings (SSSR count). The summed E-state index contributed by atoms with van der Waals surface area (Å²) < 4.78 is 9.62. The van der Waals surface area contributed by atoms with Crippen LogP contribution in [0.25, 0.3) is 5.57 Å². The van der Waals surface area contributed by atoms with Crippen LogP contribution in [0.1, 0.15) is 21.8 Å². The van der Waals surface area contributed by atoms with E-state index in [0.717, 1.165) is 0 Å². The fourth-order valence-electron chi connectivity index (χ4n) is 1.56. The average molecular weight is 274 g/mol. The number of hydrogen-bond donors (Lipinski definition) is 0. The molecular weight excluding hydrogens is 264 g/mol. The molecule has 0 aliphatic rings. The van der Waals surface area contributed by atoms with E-state index in [-0.39, 0.29) is 17.3 Å². The molecular formula is C13H10N2O5. The Labute approximate surface area is 113 Å². The van der Waals surface area contributed by atoms with Crippen molar-refractivity contribution in [3.8, 4) is 0 Å². The molecule has 0 atom stereocenters. The Balaban J connectivity index is 2.33. The van der Waals surface area contributed by atoms with E-state index < -0.39 is 10.9 Å². The molecule has 0 unspecified atom stereocenters. The molecule has 2 aromatic rings. The Morgan fingerprint density at radius 2 is 2.20 bits per heavy atom. The van der Waals surface area contributed by atoms with E-state index in [0.29, 0.717) is 11.1 Å². The lowest BCUT2D eigenvalue weighted by atomic mass is 10.1. The molecule has 0 radical (unpaired) electrons. The van der Waals surface area contributed by atoms with Gasteiger partial charge in [-0.05, 0) is 23.8 Å². The Morgan fingerprint density at radius 3 is 2.80 bits per heavy atom. The number of aromatic nitrogens is 1. The van der Waals surface area contributed by atoms with Gasteiger partial charge in [-0.2, -0.15) is 0 Å². The topological polar surface area (TPSA) is 95.5 Å². The summed E-state index contributed by atoms with van der Waals surface area (Å²) in [5, 5.41) is 10.6. The lowest BCUT2D eigenvalue weighted by Crippen LogP contribution is -2.04. The number of carbonyl (C=O) groups is 1. The van der Waals surface area contributed by atoms with Crippen LogP contribution in [0.5, 0.6) is 0 Å². The van der Waals surface area contributed by atoms with E-state index in [1.807, 2.05) is 0 Å². The minimum atomic E-state index is -0.636. The van der Waals surface area contributed by atoms with Gasteiger partial charge < -0.3 is 9.15 Å². The Bertz CT molecular complexity index is 690. The number of pyridine rings is 1. The maximum atomic E-state index is 11.4. The second-order valence-corrected chi connectivity index (χ2v) is 3.79. The zero-order valence-corrected chi connectivity index (χ0v) is 10.5. The minimum Gasteiger partial charge on any atom is -0.464 e. The maximum Gasteiger partial charge on any atom is 0.433 e. The van der Waals surface area contributed by atoms with E-state index in [4.69, 9.17) is 4.42 Å². The van der Waals surface area contributed by atoms with Crippen molar-refractivity contribution in [3.05, 3.63) is 64.2 Å². The van der Waals surface area contributed by atoms with E-state index in [1.165, 1.54) is 31.5 Å². The fraction of sp³-hybridized carbons (Fsp3) is 0.0769. The SMILES string of the molecule is C=C(c1ccnc(C(=O)OC)c1)c1ccc([N+](=O)[O-])o1. The summed E-state index contributed by atoms with van der Waals surface area (Å²) >= 11 is 0. The monoisotopic (exact) mass is 274 g/mol. The van der Waals surface area contributed by atoms with Gasteiger partial charge in [-0.15, -0.1) is 0 Å². The van der Waals surface area contributed by atoms with Crippen LogP contribution in [0.2, 0.25) is 0 Å². The highest BCUT2D eigenvalue weighted by molar-refractivity contribution is 5.89. The second kappa shape index (κ2) is 5.35. The molecule has 0 amide bonds. The van der Waals surface area contributed by atoms with Gasteiger partial charge in [-0.3, -0.25) is 10.1 Å². The van der Waals surface area contributed by atoms with Crippen molar-refractivity contribution >= 4 is 17.4 Å². The third-order valence-corrected chi connectivity index (χ3v) is 2.57. The van der Waals surface area contributed by atoms with Crippen LogP contribution >= 0.6 is 0 Å². The van der Waals surface area contributed by atoms with Gasteiger partial charge >= 0.3 is 11.9 Å². The zero-order chi connectivity index (χ0) is 14.7. The van der Waals surface area contributed by atoms with Crippen molar-refractivity contribution in [2.75, 3.05) is 7.11 Å². The predicted molar refractivity (Wildman–Crippen MR) is 69.1 cm³/mol. The first kappa shape index (κ1) is 13.5. The quantitative estimate of drug-likeness (QED) is 0.482. The predicted octanol–water partition coefficient (Wildman–Crippen LogP) is 2.43. The highest BCUT2D eigenvalue weighted by atomic mass is 16.6. The molecule has 0 saturated carbocycles. The third kappa shape index (κ3) is 2.56. The highest BCUT2D eigenvalue weighted by Crippen LogP contribution is 2.26. The molecule has 0 aromatic carbocycles. The second-order valence-electron chi connectivity index (χ2n) is 3.79. The number of nitrogens with zero attached hydrogens (tertiary/aromatic N) is 2. The summed E-state index contributed by atoms with van der Waals surface area (Å²) in [5.41, 5.74) is 1.09. The molecule has 0 saturated heterocycles. The lowest BCUT2D eigenvalue weighted by Gasteiger charge is -2.04. The van der Waals surface area contributed by atoms with Crippen molar-refractivity contribution in [2.45, 2.75) is 0 Å². The molecule has 0 aliphatic heterocycles. The van der Waals surface area contributed by atoms with E-state index >= 15 is 0 Å². The number of carbonyl (C=O) groups excluding carboxylic acids is 1. The first-order chi connectivity index (χ1) is 9.52. The molecule has 20 heavy (non-hydrogen) atoms. The van der Waals surface area contributed by atoms with Crippen LogP contribution < -0.4 is 0 Å². The number of esters is 1. The largest absolute Gasteiger partial charge is 0.464 e. The molecule has 2 aromatic heterocycles. The molecule has 7 heteroatoms. The first-order valence-corrected chi connectivity index (χ1v) is 5.51. The van der Waals surface area contributed by atoms with Crippen LogP contribution in [0.3, 0.4) is 0 Å². The summed E-state index contributed by atoms with van der Waals surface area (Å²) in [6.07, 6.45) is 1.42. The van der Waals surface area contributed by atoms with Gasteiger partial charge in [0.15, 0.2) is 0 Å². The van der Waals surface area contributed by atoms with Crippen molar-refractivity contribution in [1.82, 2.24) is 4.98 Å². The van der Waals surface area contributed by atoms with Crippen LogP contribution in [0.4, 0.5) is 5.88 Å². The molecule has 0 spiro atoms. The number of methoxy groups -OCH3 is 1. The number of rotatable bonds is 4. The van der Waals surface area contributed by atoms with Crippen molar-refractivity contribution < 1.29 is 18.9 Å². The lowest BCUT2D eigenvalue weighted by molar-refractivity contribution is -0.402. The van der Waals surface area contributed by atoms with E-state index in [9.17, 15) is 14.9 Å². The van der Waals surface area contributed by atoms with Crippen molar-refractivity contribution in [3.63, 3.8) is 0 Å². The van der Waals surface area contributed by atoms with Crippen LogP contribution in [-0.2, 0) is 4.74 Å².